The van der Waals surface area contributed by atoms with Crippen molar-refractivity contribution in [3.8, 4) is 11.1 Å². The quantitative estimate of drug-likeness (QED) is 0.750. The van der Waals surface area contributed by atoms with Crippen LogP contribution in [0.15, 0.2) is 48.5 Å². The number of nitrogens with zero attached hydrogens (tertiary/aromatic N) is 1. The minimum absolute atomic E-state index is 0.0125. The Morgan fingerprint density at radius 2 is 1.65 bits per heavy atom. The molecule has 26 heavy (non-hydrogen) atoms. The third kappa shape index (κ3) is 3.08. The molecule has 1 amide bonds. The summed E-state index contributed by atoms with van der Waals surface area (Å²) >= 11 is 0. The van der Waals surface area contributed by atoms with Crippen molar-refractivity contribution in [2.75, 3.05) is 19.7 Å². The second kappa shape index (κ2) is 6.59. The van der Waals surface area contributed by atoms with Crippen molar-refractivity contribution >= 4 is 25.8 Å². The lowest BCUT2D eigenvalue weighted by molar-refractivity contribution is 0.108. The molecule has 4 rings (SSSR count). The third-order valence-corrected chi connectivity index (χ3v) is 7.07. The number of amides is 1. The lowest BCUT2D eigenvalue weighted by Gasteiger charge is -2.19. The molecule has 1 atom stereocenters. The lowest BCUT2D eigenvalue weighted by Crippen LogP contribution is -2.32. The van der Waals surface area contributed by atoms with Crippen LogP contribution < -0.4 is 0 Å². The normalized spacial score (nSPS) is 19.3. The molecule has 1 aliphatic carbocycles. The fraction of sp³-hybridized carbons (Fsp3) is 0.316. The molecular weight excluding hydrogens is 374 g/mol. The molecule has 1 saturated heterocycles. The van der Waals surface area contributed by atoms with Crippen LogP contribution in [0.25, 0.3) is 11.1 Å². The summed E-state index contributed by atoms with van der Waals surface area (Å²) in [5, 5.41) is -0.718. The molecule has 1 heterocycles. The highest BCUT2D eigenvalue weighted by atomic mass is 35.7. The number of hydrogen-bond donors (Lipinski definition) is 0. The Kier molecular flexibility index (Phi) is 4.40. The zero-order chi connectivity index (χ0) is 18.3. The minimum Gasteiger partial charge on any atom is -0.448 e. The van der Waals surface area contributed by atoms with Gasteiger partial charge < -0.3 is 9.64 Å². The number of carbonyl (C=O) groups excluding carboxylic acids is 1. The van der Waals surface area contributed by atoms with Crippen LogP contribution in [-0.2, 0) is 13.8 Å². The van der Waals surface area contributed by atoms with Crippen molar-refractivity contribution in [3.05, 3.63) is 59.7 Å². The van der Waals surface area contributed by atoms with Gasteiger partial charge in [0.25, 0.3) is 0 Å². The van der Waals surface area contributed by atoms with Crippen LogP contribution in [0.5, 0.6) is 0 Å². The summed E-state index contributed by atoms with van der Waals surface area (Å²) in [6.45, 7) is 0.650. The van der Waals surface area contributed by atoms with E-state index in [1.54, 1.807) is 0 Å². The van der Waals surface area contributed by atoms with E-state index >= 15 is 0 Å². The van der Waals surface area contributed by atoms with Crippen molar-refractivity contribution in [1.82, 2.24) is 4.90 Å². The average molecular weight is 392 g/mol. The Hall–Kier alpha value is -2.05. The van der Waals surface area contributed by atoms with Gasteiger partial charge in [0, 0.05) is 29.7 Å². The van der Waals surface area contributed by atoms with E-state index in [0.717, 1.165) is 11.1 Å². The molecule has 0 saturated carbocycles. The van der Waals surface area contributed by atoms with Crippen LogP contribution in [0.1, 0.15) is 23.5 Å². The molecule has 0 unspecified atom stereocenters. The molecule has 7 heteroatoms. The summed E-state index contributed by atoms with van der Waals surface area (Å²) in [7, 11) is 1.74. The Morgan fingerprint density at radius 1 is 1.08 bits per heavy atom. The number of carbonyl (C=O) groups is 1. The van der Waals surface area contributed by atoms with Gasteiger partial charge in [0.1, 0.15) is 6.61 Å². The van der Waals surface area contributed by atoms with Gasteiger partial charge >= 0.3 is 6.09 Å². The molecule has 2 aromatic carbocycles. The standard InChI is InChI=1S/C19H18ClNO4S/c20-26(23,24)13-9-10-21(11-13)19(22)25-12-18-16-7-3-1-5-14(16)15-6-2-4-8-17(15)18/h1-8,13,18H,9-12H2/t13-/m0/s1. The molecule has 5 nitrogen and oxygen atoms in total. The van der Waals surface area contributed by atoms with Gasteiger partial charge in [0.05, 0.1) is 5.25 Å². The van der Waals surface area contributed by atoms with Gasteiger partial charge in [0.15, 0.2) is 0 Å². The van der Waals surface area contributed by atoms with E-state index in [0.29, 0.717) is 13.0 Å². The van der Waals surface area contributed by atoms with Crippen LogP contribution in [0, 0.1) is 0 Å². The number of ether oxygens (including phenoxy) is 1. The molecule has 136 valence electrons. The highest BCUT2D eigenvalue weighted by molar-refractivity contribution is 8.14. The number of benzene rings is 2. The summed E-state index contributed by atoms with van der Waals surface area (Å²) in [6, 6.07) is 16.2. The van der Waals surface area contributed by atoms with Crippen LogP contribution in [0.2, 0.25) is 0 Å². The van der Waals surface area contributed by atoms with E-state index in [-0.39, 0.29) is 19.1 Å². The molecule has 0 aromatic heterocycles. The van der Waals surface area contributed by atoms with Crippen LogP contribution in [-0.4, -0.2) is 44.4 Å². The molecule has 1 aliphatic heterocycles. The summed E-state index contributed by atoms with van der Waals surface area (Å²) < 4.78 is 28.4. The Labute approximate surface area is 156 Å². The van der Waals surface area contributed by atoms with Gasteiger partial charge in [-0.2, -0.15) is 0 Å². The smallest absolute Gasteiger partial charge is 0.409 e. The number of halogens is 1. The summed E-state index contributed by atoms with van der Waals surface area (Å²) in [4.78, 5) is 13.8. The molecule has 1 fully saturated rings. The summed E-state index contributed by atoms with van der Waals surface area (Å²) in [5.41, 5.74) is 4.62. The molecule has 2 aromatic rings. The summed E-state index contributed by atoms with van der Waals surface area (Å²) in [5.74, 6) is -0.0125. The second-order valence-electron chi connectivity index (χ2n) is 6.64. The molecule has 0 bridgehead atoms. The monoisotopic (exact) mass is 391 g/mol. The fourth-order valence-electron chi connectivity index (χ4n) is 3.81. The molecule has 0 N–H and O–H groups in total. The van der Waals surface area contributed by atoms with Gasteiger partial charge in [-0.25, -0.2) is 13.2 Å². The van der Waals surface area contributed by atoms with Gasteiger partial charge in [-0.3, -0.25) is 0 Å². The maximum Gasteiger partial charge on any atom is 0.409 e. The average Bonchev–Trinajstić information content (AvgIpc) is 3.23. The van der Waals surface area contributed by atoms with Gasteiger partial charge in [0.2, 0.25) is 9.05 Å². The Bertz CT molecular complexity index is 914. The largest absolute Gasteiger partial charge is 0.448 e. The zero-order valence-electron chi connectivity index (χ0n) is 14.0. The van der Waals surface area contributed by atoms with Crippen molar-refractivity contribution in [2.45, 2.75) is 17.6 Å². The van der Waals surface area contributed by atoms with Gasteiger partial charge in [-0.1, -0.05) is 48.5 Å². The molecular formula is C19H18ClNO4S. The van der Waals surface area contributed by atoms with E-state index in [1.807, 2.05) is 24.3 Å². The van der Waals surface area contributed by atoms with Crippen molar-refractivity contribution < 1.29 is 17.9 Å². The highest BCUT2D eigenvalue weighted by Crippen LogP contribution is 2.44. The van der Waals surface area contributed by atoms with E-state index in [1.165, 1.54) is 16.0 Å². The predicted molar refractivity (Wildman–Crippen MR) is 99.8 cm³/mol. The Balaban J connectivity index is 1.48. The fourth-order valence-corrected chi connectivity index (χ4v) is 4.99. The predicted octanol–water partition coefficient (Wildman–Crippen LogP) is 3.58. The maximum absolute atomic E-state index is 12.4. The maximum atomic E-state index is 12.4. The van der Waals surface area contributed by atoms with Crippen LogP contribution in [0.3, 0.4) is 0 Å². The number of fused-ring (bicyclic) bond motifs is 3. The SMILES string of the molecule is O=C(OCC1c2ccccc2-c2ccccc21)N1CC[C@H](S(=O)(=O)Cl)C1. The molecule has 2 aliphatic rings. The topological polar surface area (TPSA) is 63.7 Å². The highest BCUT2D eigenvalue weighted by Gasteiger charge is 2.35. The lowest BCUT2D eigenvalue weighted by atomic mass is 9.98. The summed E-state index contributed by atoms with van der Waals surface area (Å²) in [6.07, 6.45) is -0.148. The van der Waals surface area contributed by atoms with Gasteiger partial charge in [-0.15, -0.1) is 0 Å². The first-order valence-corrected chi connectivity index (χ1v) is 10.9. The van der Waals surface area contributed by atoms with Crippen molar-refractivity contribution in [3.63, 3.8) is 0 Å². The Morgan fingerprint density at radius 3 is 2.19 bits per heavy atom. The molecule has 0 spiro atoms. The van der Waals surface area contributed by atoms with Crippen LogP contribution >= 0.6 is 10.7 Å². The van der Waals surface area contributed by atoms with E-state index in [9.17, 15) is 13.2 Å². The first kappa shape index (κ1) is 17.4. The van der Waals surface area contributed by atoms with E-state index in [4.69, 9.17) is 15.4 Å². The van der Waals surface area contributed by atoms with Crippen molar-refractivity contribution in [1.29, 1.82) is 0 Å². The minimum atomic E-state index is -3.66. The number of rotatable bonds is 3. The zero-order valence-corrected chi connectivity index (χ0v) is 15.5. The first-order chi connectivity index (χ1) is 12.4. The van der Waals surface area contributed by atoms with E-state index in [2.05, 4.69) is 24.3 Å². The van der Waals surface area contributed by atoms with E-state index < -0.39 is 20.4 Å². The van der Waals surface area contributed by atoms with Gasteiger partial charge in [-0.05, 0) is 28.7 Å². The first-order valence-electron chi connectivity index (χ1n) is 8.48. The number of hydrogen-bond acceptors (Lipinski definition) is 4. The molecule has 0 radical (unpaired) electrons. The second-order valence-corrected chi connectivity index (χ2v) is 9.54. The van der Waals surface area contributed by atoms with Crippen molar-refractivity contribution in [2.24, 2.45) is 0 Å². The number of likely N-dealkylation sites (tertiary alicyclic amines) is 1. The third-order valence-electron chi connectivity index (χ3n) is 5.14. The van der Waals surface area contributed by atoms with Crippen LogP contribution in [0.4, 0.5) is 4.79 Å².